The fourth-order valence-corrected chi connectivity index (χ4v) is 4.97. The second kappa shape index (κ2) is 9.75. The van der Waals surface area contributed by atoms with E-state index in [1.165, 1.54) is 11.3 Å². The molecule has 1 amide bonds. The lowest BCUT2D eigenvalue weighted by atomic mass is 9.79. The summed E-state index contributed by atoms with van der Waals surface area (Å²) in [5.41, 5.74) is 7.66. The molecule has 1 atom stereocenters. The largest absolute Gasteiger partial charge is 0.496 e. The van der Waals surface area contributed by atoms with Crippen LogP contribution in [0.4, 0.5) is 5.69 Å². The number of anilines is 1. The third kappa shape index (κ3) is 4.72. The third-order valence-electron chi connectivity index (χ3n) is 6.59. The Bertz CT molecular complexity index is 1160. The predicted octanol–water partition coefficient (Wildman–Crippen LogP) is 5.75. The number of nitrogens with one attached hydrogen (secondary N) is 1. The second-order valence-electron chi connectivity index (χ2n) is 9.56. The number of nitrogens with zero attached hydrogens (tertiary/aromatic N) is 3. The van der Waals surface area contributed by atoms with E-state index in [4.69, 9.17) is 4.74 Å². The maximum atomic E-state index is 12.6. The molecule has 0 aliphatic carbocycles. The van der Waals surface area contributed by atoms with Crippen molar-refractivity contribution < 1.29 is 9.53 Å². The van der Waals surface area contributed by atoms with E-state index in [1.54, 1.807) is 25.5 Å². The van der Waals surface area contributed by atoms with Crippen molar-refractivity contribution in [1.82, 2.24) is 9.99 Å². The molecule has 4 rings (SSSR count). The van der Waals surface area contributed by atoms with Gasteiger partial charge in [-0.2, -0.15) is 5.10 Å². The highest BCUT2D eigenvalue weighted by Crippen LogP contribution is 2.45. The molecule has 0 saturated heterocycles. The van der Waals surface area contributed by atoms with Gasteiger partial charge in [0, 0.05) is 53.0 Å². The molecule has 34 heavy (non-hydrogen) atoms. The van der Waals surface area contributed by atoms with E-state index in [0.29, 0.717) is 11.5 Å². The molecule has 0 fully saturated rings. The Morgan fingerprint density at radius 1 is 1.21 bits per heavy atom. The average molecular weight is 459 g/mol. The van der Waals surface area contributed by atoms with Crippen LogP contribution in [0.15, 0.2) is 66.0 Å². The van der Waals surface area contributed by atoms with Crippen molar-refractivity contribution >= 4 is 17.8 Å². The van der Waals surface area contributed by atoms with Gasteiger partial charge in [-0.3, -0.25) is 4.79 Å². The monoisotopic (exact) mass is 458 g/mol. The van der Waals surface area contributed by atoms with E-state index >= 15 is 0 Å². The fraction of sp³-hybridized carbons (Fsp3) is 0.357. The molecule has 0 saturated carbocycles. The van der Waals surface area contributed by atoms with E-state index in [1.807, 2.05) is 41.2 Å². The van der Waals surface area contributed by atoms with Crippen LogP contribution in [0.3, 0.4) is 0 Å². The lowest BCUT2D eigenvalue weighted by Gasteiger charge is -2.47. The van der Waals surface area contributed by atoms with Gasteiger partial charge in [0.2, 0.25) is 0 Å². The van der Waals surface area contributed by atoms with E-state index in [9.17, 15) is 4.79 Å². The minimum atomic E-state index is -0.253. The fourth-order valence-electron chi connectivity index (χ4n) is 4.97. The standard InChI is InChI=1S/C28H34N4O2/c1-6-13-32-25-17-26(34-5)22(16-24(25)20(2)18-28(32,3)4)19-29-30-27(33)21-9-11-23(12-10-21)31-14-7-8-15-31/h7-12,14-17,19-20H,6,13,18H2,1-5H3,(H,30,33)/b29-19+. The highest BCUT2D eigenvalue weighted by molar-refractivity contribution is 5.95. The molecule has 1 aliphatic heterocycles. The van der Waals surface area contributed by atoms with E-state index in [0.717, 1.165) is 36.4 Å². The molecule has 0 spiro atoms. The van der Waals surface area contributed by atoms with Crippen LogP contribution in [0.2, 0.25) is 0 Å². The van der Waals surface area contributed by atoms with Crippen molar-refractivity contribution in [3.63, 3.8) is 0 Å². The molecule has 6 heteroatoms. The molecule has 6 nitrogen and oxygen atoms in total. The van der Waals surface area contributed by atoms with Gasteiger partial charge in [0.25, 0.3) is 5.91 Å². The van der Waals surface area contributed by atoms with Crippen molar-refractivity contribution in [2.45, 2.75) is 52.0 Å². The smallest absolute Gasteiger partial charge is 0.271 e. The maximum absolute atomic E-state index is 12.6. The molecule has 1 aromatic heterocycles. The number of carbonyl (C=O) groups excluding carboxylic acids is 1. The summed E-state index contributed by atoms with van der Waals surface area (Å²) in [6.07, 6.45) is 7.77. The molecule has 3 aromatic rings. The van der Waals surface area contributed by atoms with E-state index in [-0.39, 0.29) is 11.4 Å². The van der Waals surface area contributed by atoms with E-state index < -0.39 is 0 Å². The molecule has 1 aliphatic rings. The number of hydrogen-bond donors (Lipinski definition) is 1. The molecular formula is C28H34N4O2. The Balaban J connectivity index is 1.53. The van der Waals surface area contributed by atoms with Gasteiger partial charge >= 0.3 is 0 Å². The van der Waals surface area contributed by atoms with Crippen molar-refractivity contribution in [3.8, 4) is 11.4 Å². The van der Waals surface area contributed by atoms with E-state index in [2.05, 4.69) is 55.3 Å². The van der Waals surface area contributed by atoms with Crippen LogP contribution in [-0.4, -0.2) is 35.9 Å². The molecule has 0 radical (unpaired) electrons. The summed E-state index contributed by atoms with van der Waals surface area (Å²) in [6, 6.07) is 15.6. The molecule has 0 bridgehead atoms. The summed E-state index contributed by atoms with van der Waals surface area (Å²) >= 11 is 0. The number of ether oxygens (including phenoxy) is 1. The summed E-state index contributed by atoms with van der Waals surface area (Å²) in [7, 11) is 1.67. The number of rotatable bonds is 7. The predicted molar refractivity (Wildman–Crippen MR) is 139 cm³/mol. The zero-order valence-electron chi connectivity index (χ0n) is 20.7. The van der Waals surface area contributed by atoms with Crippen molar-refractivity contribution in [2.24, 2.45) is 5.10 Å². The number of fused-ring (bicyclic) bond motifs is 1. The van der Waals surface area contributed by atoms with Crippen LogP contribution in [-0.2, 0) is 0 Å². The lowest BCUT2D eigenvalue weighted by Crippen LogP contribution is -2.48. The highest BCUT2D eigenvalue weighted by Gasteiger charge is 2.36. The van der Waals surface area contributed by atoms with Gasteiger partial charge in [0.15, 0.2) is 0 Å². The number of benzene rings is 2. The van der Waals surface area contributed by atoms with Crippen LogP contribution in [0.25, 0.3) is 5.69 Å². The Morgan fingerprint density at radius 3 is 2.56 bits per heavy atom. The van der Waals surface area contributed by atoms with Crippen LogP contribution in [0.5, 0.6) is 5.75 Å². The number of methoxy groups -OCH3 is 1. The third-order valence-corrected chi connectivity index (χ3v) is 6.59. The molecule has 1 unspecified atom stereocenters. The summed E-state index contributed by atoms with van der Waals surface area (Å²) in [5.74, 6) is 0.917. The summed E-state index contributed by atoms with van der Waals surface area (Å²) in [4.78, 5) is 15.1. The Labute approximate surface area is 202 Å². The Hall–Kier alpha value is -3.54. The van der Waals surface area contributed by atoms with Gasteiger partial charge in [0.1, 0.15) is 5.75 Å². The zero-order chi connectivity index (χ0) is 24.3. The number of carbonyl (C=O) groups is 1. The topological polar surface area (TPSA) is 58.9 Å². The van der Waals surface area contributed by atoms with Gasteiger partial charge in [-0.1, -0.05) is 13.8 Å². The minimum Gasteiger partial charge on any atom is -0.496 e. The van der Waals surface area contributed by atoms with Gasteiger partial charge in [-0.25, -0.2) is 5.43 Å². The van der Waals surface area contributed by atoms with Crippen molar-refractivity contribution in [1.29, 1.82) is 0 Å². The molecular weight excluding hydrogens is 424 g/mol. The van der Waals surface area contributed by atoms with Gasteiger partial charge < -0.3 is 14.2 Å². The van der Waals surface area contributed by atoms with Gasteiger partial charge in [-0.05, 0) is 80.6 Å². The average Bonchev–Trinajstić information content (AvgIpc) is 3.36. The molecule has 178 valence electrons. The molecule has 1 N–H and O–H groups in total. The van der Waals surface area contributed by atoms with Gasteiger partial charge in [-0.15, -0.1) is 0 Å². The summed E-state index contributed by atoms with van der Waals surface area (Å²) < 4.78 is 7.69. The minimum absolute atomic E-state index is 0.0912. The Kier molecular flexibility index (Phi) is 6.77. The first-order chi connectivity index (χ1) is 16.3. The second-order valence-corrected chi connectivity index (χ2v) is 9.56. The van der Waals surface area contributed by atoms with Crippen molar-refractivity contribution in [2.75, 3.05) is 18.6 Å². The first-order valence-corrected chi connectivity index (χ1v) is 11.9. The van der Waals surface area contributed by atoms with Gasteiger partial charge in [0.05, 0.1) is 13.3 Å². The van der Waals surface area contributed by atoms with Crippen LogP contribution < -0.4 is 15.1 Å². The first-order valence-electron chi connectivity index (χ1n) is 11.9. The SMILES string of the molecule is CCCN1c2cc(OC)c(/C=N/NC(=O)c3ccc(-n4cccc4)cc3)cc2C(C)CC1(C)C. The van der Waals surface area contributed by atoms with Crippen molar-refractivity contribution in [3.05, 3.63) is 77.6 Å². The quantitative estimate of drug-likeness (QED) is 0.362. The summed E-state index contributed by atoms with van der Waals surface area (Å²) in [5, 5.41) is 4.23. The summed E-state index contributed by atoms with van der Waals surface area (Å²) in [6.45, 7) is 10.1. The molecule has 2 aromatic carbocycles. The van der Waals surface area contributed by atoms with Crippen LogP contribution >= 0.6 is 0 Å². The van der Waals surface area contributed by atoms with Crippen LogP contribution in [0, 0.1) is 0 Å². The zero-order valence-corrected chi connectivity index (χ0v) is 20.7. The normalized spacial score (nSPS) is 17.0. The number of hydrogen-bond acceptors (Lipinski definition) is 4. The lowest BCUT2D eigenvalue weighted by molar-refractivity contribution is 0.0955. The molecule has 2 heterocycles. The Morgan fingerprint density at radius 2 is 1.91 bits per heavy atom. The van der Waals surface area contributed by atoms with Crippen LogP contribution in [0.1, 0.15) is 67.9 Å². The maximum Gasteiger partial charge on any atom is 0.271 e. The number of hydrazone groups is 1. The first kappa shape index (κ1) is 23.6. The highest BCUT2D eigenvalue weighted by atomic mass is 16.5. The number of amides is 1. The number of aromatic nitrogens is 1.